The Morgan fingerprint density at radius 2 is 2.00 bits per heavy atom. The van der Waals surface area contributed by atoms with Crippen LogP contribution in [-0.2, 0) is 10.2 Å². The lowest BCUT2D eigenvalue weighted by atomic mass is 9.85. The summed E-state index contributed by atoms with van der Waals surface area (Å²) in [7, 11) is 1.33. The molecule has 2 rings (SSSR count). The molecule has 0 atom stereocenters. The molecule has 0 fully saturated rings. The molecular formula is C15H16ClNO2. The second-order valence-electron chi connectivity index (χ2n) is 5.43. The van der Waals surface area contributed by atoms with Crippen LogP contribution in [0.5, 0.6) is 0 Å². The van der Waals surface area contributed by atoms with E-state index < -0.39 is 5.97 Å². The van der Waals surface area contributed by atoms with Gasteiger partial charge in [0.2, 0.25) is 0 Å². The van der Waals surface area contributed by atoms with Crippen LogP contribution in [0.3, 0.4) is 0 Å². The number of aromatic nitrogens is 1. The molecule has 0 saturated heterocycles. The van der Waals surface area contributed by atoms with Crippen molar-refractivity contribution in [3.63, 3.8) is 0 Å². The molecule has 0 unspecified atom stereocenters. The van der Waals surface area contributed by atoms with E-state index in [1.807, 2.05) is 18.2 Å². The number of rotatable bonds is 1. The standard InChI is InChI=1S/C15H16ClNO2/c1-15(2,3)11-7-5-6-9-12(16)10(14(18)19-4)8-17-13(9)11/h5-8H,1-4H3. The van der Waals surface area contributed by atoms with Crippen molar-refractivity contribution < 1.29 is 9.53 Å². The summed E-state index contributed by atoms with van der Waals surface area (Å²) in [5.74, 6) is -0.472. The molecule has 19 heavy (non-hydrogen) atoms. The highest BCUT2D eigenvalue weighted by molar-refractivity contribution is 6.38. The molecule has 0 saturated carbocycles. The number of carbonyl (C=O) groups is 1. The maximum Gasteiger partial charge on any atom is 0.340 e. The fourth-order valence-corrected chi connectivity index (χ4v) is 2.33. The largest absolute Gasteiger partial charge is 0.465 e. The van der Waals surface area contributed by atoms with Crippen molar-refractivity contribution >= 4 is 28.5 Å². The van der Waals surface area contributed by atoms with Crippen LogP contribution in [0.25, 0.3) is 10.9 Å². The van der Waals surface area contributed by atoms with Crippen molar-refractivity contribution in [3.05, 3.63) is 40.5 Å². The van der Waals surface area contributed by atoms with Gasteiger partial charge in [0.1, 0.15) is 0 Å². The van der Waals surface area contributed by atoms with Crippen LogP contribution in [0.15, 0.2) is 24.4 Å². The number of benzene rings is 1. The van der Waals surface area contributed by atoms with E-state index in [-0.39, 0.29) is 5.41 Å². The van der Waals surface area contributed by atoms with Crippen LogP contribution < -0.4 is 0 Å². The van der Waals surface area contributed by atoms with Gasteiger partial charge in [0.15, 0.2) is 0 Å². The summed E-state index contributed by atoms with van der Waals surface area (Å²) >= 11 is 6.30. The Hall–Kier alpha value is -1.61. The number of methoxy groups -OCH3 is 1. The highest BCUT2D eigenvalue weighted by atomic mass is 35.5. The zero-order valence-electron chi connectivity index (χ0n) is 11.5. The molecule has 0 amide bonds. The monoisotopic (exact) mass is 277 g/mol. The first kappa shape index (κ1) is 13.8. The summed E-state index contributed by atoms with van der Waals surface area (Å²) < 4.78 is 4.70. The molecule has 100 valence electrons. The lowest BCUT2D eigenvalue weighted by molar-refractivity contribution is 0.0600. The average molecular weight is 278 g/mol. The van der Waals surface area contributed by atoms with Gasteiger partial charge in [-0.1, -0.05) is 50.6 Å². The molecular weight excluding hydrogens is 262 g/mol. The van der Waals surface area contributed by atoms with Gasteiger partial charge in [-0.15, -0.1) is 0 Å². The molecule has 0 spiro atoms. The minimum Gasteiger partial charge on any atom is -0.465 e. The minimum atomic E-state index is -0.472. The molecule has 0 aliphatic rings. The smallest absolute Gasteiger partial charge is 0.340 e. The fraction of sp³-hybridized carbons (Fsp3) is 0.333. The summed E-state index contributed by atoms with van der Waals surface area (Å²) in [5.41, 5.74) is 2.18. The molecule has 4 heteroatoms. The Kier molecular flexibility index (Phi) is 3.50. The molecule has 0 bridgehead atoms. The zero-order chi connectivity index (χ0) is 14.2. The second kappa shape index (κ2) is 4.82. The number of nitrogens with zero attached hydrogens (tertiary/aromatic N) is 1. The van der Waals surface area contributed by atoms with E-state index in [4.69, 9.17) is 16.3 Å². The van der Waals surface area contributed by atoms with Gasteiger partial charge in [-0.3, -0.25) is 4.98 Å². The molecule has 3 nitrogen and oxygen atoms in total. The number of hydrogen-bond acceptors (Lipinski definition) is 3. The molecule has 1 heterocycles. The number of pyridine rings is 1. The number of hydrogen-bond donors (Lipinski definition) is 0. The van der Waals surface area contributed by atoms with Crippen molar-refractivity contribution in [1.29, 1.82) is 0 Å². The van der Waals surface area contributed by atoms with Crippen molar-refractivity contribution in [1.82, 2.24) is 4.98 Å². The van der Waals surface area contributed by atoms with E-state index >= 15 is 0 Å². The number of para-hydroxylation sites is 1. The molecule has 0 N–H and O–H groups in total. The molecule has 1 aromatic carbocycles. The maximum atomic E-state index is 11.6. The lowest BCUT2D eigenvalue weighted by Crippen LogP contribution is -2.13. The number of ether oxygens (including phenoxy) is 1. The number of halogens is 1. The van der Waals surface area contributed by atoms with Crippen LogP contribution in [-0.4, -0.2) is 18.1 Å². The number of esters is 1. The van der Waals surface area contributed by atoms with Crippen LogP contribution in [0.4, 0.5) is 0 Å². The van der Waals surface area contributed by atoms with Gasteiger partial charge in [0.05, 0.1) is 23.2 Å². The van der Waals surface area contributed by atoms with Gasteiger partial charge in [-0.25, -0.2) is 4.79 Å². The normalized spacial score (nSPS) is 11.6. The van der Waals surface area contributed by atoms with Crippen molar-refractivity contribution in [2.75, 3.05) is 7.11 Å². The quantitative estimate of drug-likeness (QED) is 0.740. The van der Waals surface area contributed by atoms with Gasteiger partial charge < -0.3 is 4.74 Å². The summed E-state index contributed by atoms with van der Waals surface area (Å²) in [6.45, 7) is 6.35. The average Bonchev–Trinajstić information content (AvgIpc) is 2.37. The van der Waals surface area contributed by atoms with Gasteiger partial charge in [0.25, 0.3) is 0 Å². The topological polar surface area (TPSA) is 39.2 Å². The fourth-order valence-electron chi connectivity index (χ4n) is 2.05. The van der Waals surface area contributed by atoms with Gasteiger partial charge in [-0.05, 0) is 11.0 Å². The van der Waals surface area contributed by atoms with E-state index in [1.54, 1.807) is 0 Å². The Morgan fingerprint density at radius 1 is 1.32 bits per heavy atom. The second-order valence-corrected chi connectivity index (χ2v) is 5.81. The Morgan fingerprint density at radius 3 is 2.58 bits per heavy atom. The summed E-state index contributed by atoms with van der Waals surface area (Å²) in [6.07, 6.45) is 1.48. The predicted molar refractivity (Wildman–Crippen MR) is 76.8 cm³/mol. The van der Waals surface area contributed by atoms with E-state index in [2.05, 4.69) is 25.8 Å². The zero-order valence-corrected chi connectivity index (χ0v) is 12.2. The highest BCUT2D eigenvalue weighted by Crippen LogP contribution is 2.33. The van der Waals surface area contributed by atoms with Crippen molar-refractivity contribution in [3.8, 4) is 0 Å². The molecule has 0 aliphatic carbocycles. The first-order chi connectivity index (χ1) is 8.86. The Balaban J connectivity index is 2.76. The molecule has 1 aromatic heterocycles. The first-order valence-corrected chi connectivity index (χ1v) is 6.40. The van der Waals surface area contributed by atoms with Crippen LogP contribution >= 0.6 is 11.6 Å². The Labute approximate surface area is 117 Å². The lowest BCUT2D eigenvalue weighted by Gasteiger charge is -2.21. The highest BCUT2D eigenvalue weighted by Gasteiger charge is 2.21. The number of fused-ring (bicyclic) bond motifs is 1. The maximum absolute atomic E-state index is 11.6. The van der Waals surface area contributed by atoms with E-state index in [1.165, 1.54) is 13.3 Å². The van der Waals surface area contributed by atoms with Crippen molar-refractivity contribution in [2.45, 2.75) is 26.2 Å². The minimum absolute atomic E-state index is 0.0391. The summed E-state index contributed by atoms with van der Waals surface area (Å²) in [5, 5.41) is 1.17. The third-order valence-electron chi connectivity index (χ3n) is 3.05. The third kappa shape index (κ3) is 2.43. The van der Waals surface area contributed by atoms with E-state index in [9.17, 15) is 4.79 Å². The Bertz CT molecular complexity index is 644. The van der Waals surface area contributed by atoms with E-state index in [0.29, 0.717) is 10.6 Å². The summed E-state index contributed by atoms with van der Waals surface area (Å²) in [6, 6.07) is 5.83. The van der Waals surface area contributed by atoms with Crippen LogP contribution in [0.2, 0.25) is 5.02 Å². The summed E-state index contributed by atoms with van der Waals surface area (Å²) in [4.78, 5) is 16.0. The van der Waals surface area contributed by atoms with Crippen LogP contribution in [0.1, 0.15) is 36.7 Å². The van der Waals surface area contributed by atoms with E-state index in [0.717, 1.165) is 16.5 Å². The third-order valence-corrected chi connectivity index (χ3v) is 3.45. The molecule has 2 aromatic rings. The van der Waals surface area contributed by atoms with Crippen molar-refractivity contribution in [2.24, 2.45) is 0 Å². The van der Waals surface area contributed by atoms with Crippen LogP contribution in [0, 0.1) is 0 Å². The van der Waals surface area contributed by atoms with Gasteiger partial charge in [-0.2, -0.15) is 0 Å². The van der Waals surface area contributed by atoms with Gasteiger partial charge in [0, 0.05) is 11.6 Å². The molecule has 0 radical (unpaired) electrons. The first-order valence-electron chi connectivity index (χ1n) is 6.02. The predicted octanol–water partition coefficient (Wildman–Crippen LogP) is 3.97. The molecule has 0 aliphatic heterocycles. The van der Waals surface area contributed by atoms with Gasteiger partial charge >= 0.3 is 5.97 Å². The SMILES string of the molecule is COC(=O)c1cnc2c(C(C)(C)C)cccc2c1Cl. The number of carbonyl (C=O) groups excluding carboxylic acids is 1.